The Morgan fingerprint density at radius 3 is 2.59 bits per heavy atom. The van der Waals surface area contributed by atoms with Gasteiger partial charge in [0.1, 0.15) is 5.82 Å². The average Bonchev–Trinajstić information content (AvgIpc) is 2.49. The number of carbonyl (C=O) groups is 1. The van der Waals surface area contributed by atoms with Crippen LogP contribution in [0.5, 0.6) is 0 Å². The molecule has 3 N–H and O–H groups in total. The minimum atomic E-state index is -1.14. The van der Waals surface area contributed by atoms with Gasteiger partial charge in [0, 0.05) is 17.8 Å². The number of benzene rings is 2. The molecule has 0 aliphatic carbocycles. The Morgan fingerprint density at radius 2 is 1.91 bits per heavy atom. The van der Waals surface area contributed by atoms with E-state index in [1.54, 1.807) is 18.2 Å². The standard InChI is InChI=1S/C15H13Cl2FN2O2/c16-11-6-5-9(7-12(11)17)20-15(22)19-8-14(21)10-3-1-2-4-13(10)18/h1-7,14,21H,8H2,(H2,19,20,22)/t14-/m1/s1. The van der Waals surface area contributed by atoms with E-state index in [4.69, 9.17) is 23.2 Å². The van der Waals surface area contributed by atoms with Crippen LogP contribution in [0.15, 0.2) is 42.5 Å². The van der Waals surface area contributed by atoms with Crippen LogP contribution >= 0.6 is 23.2 Å². The molecule has 22 heavy (non-hydrogen) atoms. The highest BCUT2D eigenvalue weighted by atomic mass is 35.5. The van der Waals surface area contributed by atoms with Gasteiger partial charge in [-0.25, -0.2) is 9.18 Å². The van der Waals surface area contributed by atoms with Crippen LogP contribution in [-0.2, 0) is 0 Å². The lowest BCUT2D eigenvalue weighted by Gasteiger charge is -2.13. The number of aliphatic hydroxyl groups excluding tert-OH is 1. The Bertz CT molecular complexity index is 682. The van der Waals surface area contributed by atoms with Crippen molar-refractivity contribution >= 4 is 34.9 Å². The summed E-state index contributed by atoms with van der Waals surface area (Å²) in [5, 5.41) is 15.5. The smallest absolute Gasteiger partial charge is 0.319 e. The quantitative estimate of drug-likeness (QED) is 0.786. The summed E-state index contributed by atoms with van der Waals surface area (Å²) in [5.41, 5.74) is 0.574. The number of hydrogen-bond donors (Lipinski definition) is 3. The highest BCUT2D eigenvalue weighted by Gasteiger charge is 2.13. The summed E-state index contributed by atoms with van der Waals surface area (Å²) in [6.07, 6.45) is -1.14. The predicted molar refractivity (Wildman–Crippen MR) is 84.8 cm³/mol. The van der Waals surface area contributed by atoms with E-state index in [9.17, 15) is 14.3 Å². The molecule has 0 heterocycles. The molecule has 4 nitrogen and oxygen atoms in total. The summed E-state index contributed by atoms with van der Waals surface area (Å²) in [7, 11) is 0. The van der Waals surface area contributed by atoms with Crippen LogP contribution in [0.4, 0.5) is 14.9 Å². The van der Waals surface area contributed by atoms with Crippen LogP contribution in [-0.4, -0.2) is 17.7 Å². The minimum Gasteiger partial charge on any atom is -0.386 e. The molecule has 116 valence electrons. The molecule has 7 heteroatoms. The Hall–Kier alpha value is -1.82. The minimum absolute atomic E-state index is 0.123. The third kappa shape index (κ3) is 4.34. The molecule has 0 radical (unpaired) electrons. The topological polar surface area (TPSA) is 61.4 Å². The summed E-state index contributed by atoms with van der Waals surface area (Å²) in [5.74, 6) is -0.526. The van der Waals surface area contributed by atoms with Gasteiger partial charge >= 0.3 is 6.03 Å². The van der Waals surface area contributed by atoms with Gasteiger partial charge in [-0.2, -0.15) is 0 Å². The third-order valence-corrected chi connectivity index (χ3v) is 3.64. The maximum atomic E-state index is 13.5. The fourth-order valence-electron chi connectivity index (χ4n) is 1.79. The van der Waals surface area contributed by atoms with Crippen molar-refractivity contribution in [3.63, 3.8) is 0 Å². The van der Waals surface area contributed by atoms with E-state index in [1.807, 2.05) is 0 Å². The van der Waals surface area contributed by atoms with Gasteiger partial charge in [0.15, 0.2) is 0 Å². The van der Waals surface area contributed by atoms with E-state index in [-0.39, 0.29) is 12.1 Å². The first-order valence-electron chi connectivity index (χ1n) is 6.40. The van der Waals surface area contributed by atoms with Gasteiger partial charge < -0.3 is 15.7 Å². The summed E-state index contributed by atoms with van der Waals surface area (Å²) in [6, 6.07) is 9.92. The van der Waals surface area contributed by atoms with Crippen LogP contribution in [0, 0.1) is 5.82 Å². The van der Waals surface area contributed by atoms with Gasteiger partial charge in [-0.05, 0) is 24.3 Å². The number of nitrogens with one attached hydrogen (secondary N) is 2. The SMILES string of the molecule is O=C(NC[C@@H](O)c1ccccc1F)Nc1ccc(Cl)c(Cl)c1. The van der Waals surface area contributed by atoms with E-state index in [0.717, 1.165) is 0 Å². The largest absolute Gasteiger partial charge is 0.386 e. The lowest BCUT2D eigenvalue weighted by molar-refractivity contribution is 0.170. The summed E-state index contributed by atoms with van der Waals surface area (Å²) in [4.78, 5) is 11.7. The number of halogens is 3. The van der Waals surface area contributed by atoms with E-state index in [1.165, 1.54) is 24.3 Å². The van der Waals surface area contributed by atoms with E-state index in [2.05, 4.69) is 10.6 Å². The Balaban J connectivity index is 1.90. The molecule has 2 rings (SSSR count). The Labute approximate surface area is 136 Å². The van der Waals surface area contributed by atoms with Crippen molar-refractivity contribution in [1.29, 1.82) is 0 Å². The van der Waals surface area contributed by atoms with Crippen LogP contribution < -0.4 is 10.6 Å². The van der Waals surface area contributed by atoms with Crippen molar-refractivity contribution in [2.24, 2.45) is 0 Å². The number of rotatable bonds is 4. The molecule has 0 unspecified atom stereocenters. The number of hydrogen-bond acceptors (Lipinski definition) is 2. The highest BCUT2D eigenvalue weighted by Crippen LogP contribution is 2.25. The van der Waals surface area contributed by atoms with Crippen molar-refractivity contribution in [3.8, 4) is 0 Å². The lowest BCUT2D eigenvalue weighted by Crippen LogP contribution is -2.32. The van der Waals surface area contributed by atoms with Gasteiger partial charge in [-0.1, -0.05) is 41.4 Å². The molecule has 2 amide bonds. The zero-order chi connectivity index (χ0) is 16.1. The van der Waals surface area contributed by atoms with E-state index < -0.39 is 18.0 Å². The molecule has 0 aliphatic heterocycles. The molecule has 0 aliphatic rings. The van der Waals surface area contributed by atoms with Gasteiger partial charge in [-0.3, -0.25) is 0 Å². The maximum absolute atomic E-state index is 13.5. The maximum Gasteiger partial charge on any atom is 0.319 e. The second kappa shape index (κ2) is 7.45. The second-order valence-corrected chi connectivity index (χ2v) is 5.32. The predicted octanol–water partition coefficient (Wildman–Crippen LogP) is 3.99. The summed E-state index contributed by atoms with van der Waals surface area (Å²) >= 11 is 11.6. The van der Waals surface area contributed by atoms with Crippen LogP contribution in [0.25, 0.3) is 0 Å². The van der Waals surface area contributed by atoms with Crippen molar-refractivity contribution in [2.75, 3.05) is 11.9 Å². The van der Waals surface area contributed by atoms with Crippen LogP contribution in [0.1, 0.15) is 11.7 Å². The Morgan fingerprint density at radius 1 is 1.18 bits per heavy atom. The zero-order valence-electron chi connectivity index (χ0n) is 11.3. The van der Waals surface area contributed by atoms with Gasteiger partial charge in [0.05, 0.1) is 16.1 Å². The first-order valence-corrected chi connectivity index (χ1v) is 7.15. The fourth-order valence-corrected chi connectivity index (χ4v) is 2.09. The monoisotopic (exact) mass is 342 g/mol. The van der Waals surface area contributed by atoms with Gasteiger partial charge in [0.2, 0.25) is 0 Å². The zero-order valence-corrected chi connectivity index (χ0v) is 12.8. The van der Waals surface area contributed by atoms with Crippen LogP contribution in [0.2, 0.25) is 10.0 Å². The van der Waals surface area contributed by atoms with E-state index >= 15 is 0 Å². The molecule has 0 bridgehead atoms. The van der Waals surface area contributed by atoms with Crippen molar-refractivity contribution < 1.29 is 14.3 Å². The second-order valence-electron chi connectivity index (χ2n) is 4.50. The average molecular weight is 343 g/mol. The van der Waals surface area contributed by atoms with Gasteiger partial charge in [0.25, 0.3) is 0 Å². The summed E-state index contributed by atoms with van der Waals surface area (Å²) < 4.78 is 13.5. The molecular weight excluding hydrogens is 330 g/mol. The fraction of sp³-hybridized carbons (Fsp3) is 0.133. The molecular formula is C15H13Cl2FN2O2. The first-order chi connectivity index (χ1) is 10.5. The molecule has 2 aromatic carbocycles. The van der Waals surface area contributed by atoms with Crippen molar-refractivity contribution in [3.05, 3.63) is 63.9 Å². The van der Waals surface area contributed by atoms with Crippen molar-refractivity contribution in [2.45, 2.75) is 6.10 Å². The molecule has 0 fully saturated rings. The number of carbonyl (C=O) groups excluding carboxylic acids is 1. The number of amides is 2. The molecule has 0 aromatic heterocycles. The first kappa shape index (κ1) is 16.5. The lowest BCUT2D eigenvalue weighted by atomic mass is 10.1. The van der Waals surface area contributed by atoms with E-state index in [0.29, 0.717) is 15.7 Å². The summed E-state index contributed by atoms with van der Waals surface area (Å²) in [6.45, 7) is -0.131. The molecule has 0 saturated heterocycles. The Kier molecular flexibility index (Phi) is 5.60. The number of aliphatic hydroxyl groups is 1. The van der Waals surface area contributed by atoms with Crippen molar-refractivity contribution in [1.82, 2.24) is 5.32 Å². The van der Waals surface area contributed by atoms with Crippen LogP contribution in [0.3, 0.4) is 0 Å². The normalized spacial score (nSPS) is 11.8. The molecule has 2 aromatic rings. The number of urea groups is 1. The van der Waals surface area contributed by atoms with Gasteiger partial charge in [-0.15, -0.1) is 0 Å². The number of anilines is 1. The molecule has 0 saturated carbocycles. The molecule has 1 atom stereocenters. The third-order valence-electron chi connectivity index (χ3n) is 2.90. The highest BCUT2D eigenvalue weighted by molar-refractivity contribution is 6.42. The molecule has 0 spiro atoms.